The number of thioether (sulfide) groups is 1. The molecule has 2 aliphatic heterocycles. The lowest BCUT2D eigenvalue weighted by molar-refractivity contribution is -0.167. The summed E-state index contributed by atoms with van der Waals surface area (Å²) >= 11 is 1.42. The Kier molecular flexibility index (Phi) is 15.1. The largest absolute Gasteiger partial charge is 0.501 e. The fourth-order valence-corrected chi connectivity index (χ4v) is 14.3. The Balaban J connectivity index is 0.914. The fraction of sp³-hybridized carbons (Fsp3) is 0.577. The van der Waals surface area contributed by atoms with E-state index < -0.39 is 64.5 Å². The van der Waals surface area contributed by atoms with Crippen LogP contribution in [0.15, 0.2) is 98.6 Å². The van der Waals surface area contributed by atoms with Crippen LogP contribution in [0.1, 0.15) is 96.8 Å². The minimum atomic E-state index is -6.10. The van der Waals surface area contributed by atoms with Gasteiger partial charge in [-0.3, -0.25) is 14.6 Å². The number of sulfonamides is 1. The summed E-state index contributed by atoms with van der Waals surface area (Å²) in [6, 6.07) is 17.6. The third kappa shape index (κ3) is 12.4. The van der Waals surface area contributed by atoms with E-state index in [-0.39, 0.29) is 5.56 Å². The van der Waals surface area contributed by atoms with E-state index in [4.69, 9.17) is 4.74 Å². The van der Waals surface area contributed by atoms with Crippen molar-refractivity contribution in [2.45, 2.75) is 118 Å². The third-order valence-corrected chi connectivity index (χ3v) is 18.9. The predicted octanol–water partition coefficient (Wildman–Crippen LogP) is 9.43. The minimum absolute atomic E-state index is 0.00421. The number of alkyl halides is 3. The van der Waals surface area contributed by atoms with Crippen molar-refractivity contribution in [1.82, 2.24) is 19.4 Å². The minimum Gasteiger partial charge on any atom is -0.444 e. The van der Waals surface area contributed by atoms with E-state index in [0.717, 1.165) is 61.9 Å². The van der Waals surface area contributed by atoms with Crippen LogP contribution in [0.5, 0.6) is 0 Å². The van der Waals surface area contributed by atoms with Gasteiger partial charge in [-0.05, 0) is 137 Å². The first kappa shape index (κ1) is 53.0. The van der Waals surface area contributed by atoms with Crippen LogP contribution in [0.2, 0.25) is 0 Å². The summed E-state index contributed by atoms with van der Waals surface area (Å²) < 4.78 is 104. The molecule has 19 heteroatoms. The van der Waals surface area contributed by atoms with E-state index in [2.05, 4.69) is 40.8 Å². The zero-order valence-electron chi connectivity index (χ0n) is 41.7. The number of benzene rings is 3. The highest BCUT2D eigenvalue weighted by molar-refractivity contribution is 7.99. The lowest BCUT2D eigenvalue weighted by atomic mass is 9.33. The van der Waals surface area contributed by atoms with Gasteiger partial charge in [0.05, 0.1) is 10.6 Å². The van der Waals surface area contributed by atoms with Crippen LogP contribution in [0, 0.1) is 16.2 Å². The number of nitrogens with zero attached hydrogens (tertiary/aromatic N) is 4. The van der Waals surface area contributed by atoms with Crippen LogP contribution in [0.3, 0.4) is 0 Å². The van der Waals surface area contributed by atoms with Gasteiger partial charge in [0, 0.05) is 93.4 Å². The molecule has 9 rings (SSSR count). The molecule has 0 unspecified atom stereocenters. The number of amides is 2. The summed E-state index contributed by atoms with van der Waals surface area (Å²) in [5.74, 6) is -0.706. The molecule has 0 spiro atoms. The predicted molar refractivity (Wildman–Crippen MR) is 272 cm³/mol. The van der Waals surface area contributed by atoms with E-state index in [1.165, 1.54) is 56.0 Å². The van der Waals surface area contributed by atoms with Gasteiger partial charge in [-0.15, -0.1) is 11.8 Å². The summed E-state index contributed by atoms with van der Waals surface area (Å²) in [7, 11) is -11.0. The normalized spacial score (nSPS) is 23.6. The van der Waals surface area contributed by atoms with Gasteiger partial charge in [0.15, 0.2) is 0 Å². The molecule has 71 heavy (non-hydrogen) atoms. The highest BCUT2D eigenvalue weighted by Crippen LogP contribution is 2.77. The van der Waals surface area contributed by atoms with Gasteiger partial charge in [0.25, 0.3) is 25.8 Å². The topological polar surface area (TPSA) is 149 Å². The van der Waals surface area contributed by atoms with Crippen LogP contribution < -0.4 is 14.9 Å². The first-order valence-electron chi connectivity index (χ1n) is 24.7. The molecule has 2 amide bonds. The number of rotatable bonds is 16. The van der Waals surface area contributed by atoms with Crippen molar-refractivity contribution in [1.29, 1.82) is 0 Å². The van der Waals surface area contributed by atoms with Gasteiger partial charge in [0.2, 0.25) is 0 Å². The average molecular weight is 1040 g/mol. The second-order valence-corrected chi connectivity index (χ2v) is 27.1. The first-order chi connectivity index (χ1) is 33.2. The molecule has 1 atom stereocenters. The van der Waals surface area contributed by atoms with Crippen molar-refractivity contribution >= 4 is 55.0 Å². The van der Waals surface area contributed by atoms with E-state index >= 15 is 0 Å². The maximum atomic E-state index is 14.3. The molecular formula is C52H69F3N6O7S3. The average Bonchev–Trinajstić information content (AvgIpc) is 3.28. The molecule has 388 valence electrons. The maximum absolute atomic E-state index is 14.3. The molecule has 2 N–H and O–H groups in total. The summed E-state index contributed by atoms with van der Waals surface area (Å²) in [5, 5.41) is 3.00. The molecule has 6 aliphatic rings. The summed E-state index contributed by atoms with van der Waals surface area (Å²) in [6.45, 7) is 19.3. The number of hydrogen-bond acceptors (Lipinski definition) is 12. The molecule has 3 saturated carbocycles. The number of anilines is 2. The lowest BCUT2D eigenvalue weighted by Gasteiger charge is -2.72. The number of carbonyl (C=O) groups is 2. The van der Waals surface area contributed by atoms with E-state index in [0.29, 0.717) is 67.2 Å². The quantitative estimate of drug-likeness (QED) is 0.104. The van der Waals surface area contributed by atoms with Crippen LogP contribution in [-0.2, 0) is 24.6 Å². The van der Waals surface area contributed by atoms with Crippen LogP contribution >= 0.6 is 11.8 Å². The molecule has 0 aromatic heterocycles. The van der Waals surface area contributed by atoms with Crippen molar-refractivity contribution in [3.63, 3.8) is 0 Å². The Morgan fingerprint density at radius 1 is 0.817 bits per heavy atom. The molecule has 3 aromatic rings. The van der Waals surface area contributed by atoms with Crippen molar-refractivity contribution in [2.24, 2.45) is 16.2 Å². The highest BCUT2D eigenvalue weighted by atomic mass is 32.2. The van der Waals surface area contributed by atoms with Crippen molar-refractivity contribution in [2.75, 3.05) is 81.4 Å². The number of sulfone groups is 1. The van der Waals surface area contributed by atoms with E-state index in [9.17, 15) is 39.6 Å². The summed E-state index contributed by atoms with van der Waals surface area (Å²) in [6.07, 6.45) is 7.51. The SMILES string of the molecule is CC1(C)CCC(CN2CCN(c3ccc(C(=O)NS(=O)(=O)c4ccc(N[C@H](CCN5CCN(C(=O)OC(C)(C)C)CC5)CSc5ccccc5)c(S(=O)(=O)C(F)(F)F)c4)cc3)CC2)=C(C23CC(C)(C2)C3)C1. The molecule has 2 heterocycles. The Bertz CT molecular complexity index is 2680. The number of halogens is 3. The number of hydrogen-bond donors (Lipinski definition) is 2. The molecule has 0 radical (unpaired) electrons. The lowest BCUT2D eigenvalue weighted by Crippen LogP contribution is -2.61. The Labute approximate surface area is 422 Å². The van der Waals surface area contributed by atoms with Gasteiger partial charge >= 0.3 is 11.6 Å². The van der Waals surface area contributed by atoms with Crippen LogP contribution in [-0.4, -0.2) is 132 Å². The molecule has 4 aliphatic carbocycles. The standard InChI is InChI=1S/C52H69F3N6O7S3/c1-48(2,3)68-47(63)61-28-22-58(23-29-61)21-19-39(33-69-41-10-8-7-9-11-41)56-44-17-16-42(30-45(44)70(64,65)52(53,54)55)71(66,67)57-46(62)37-12-14-40(15-13-37)60-26-24-59(25-27-60)32-38-18-20-49(4,5)31-43(38)51-34-50(6,35-51)36-51/h7-17,30,39,56H,18-29,31-36H2,1-6H3,(H,57,62)/t39-,50?,51?/m1/s1. The maximum Gasteiger partial charge on any atom is 0.501 e. The smallest absolute Gasteiger partial charge is 0.444 e. The number of piperazine rings is 2. The van der Waals surface area contributed by atoms with E-state index in [1.807, 2.05) is 35.1 Å². The Morgan fingerprint density at radius 2 is 1.45 bits per heavy atom. The molecule has 13 nitrogen and oxygen atoms in total. The monoisotopic (exact) mass is 1040 g/mol. The van der Waals surface area contributed by atoms with Gasteiger partial charge in [0.1, 0.15) is 10.5 Å². The molecular weight excluding hydrogens is 974 g/mol. The highest BCUT2D eigenvalue weighted by Gasteiger charge is 2.67. The molecule has 3 aromatic carbocycles. The van der Waals surface area contributed by atoms with Crippen LogP contribution in [0.25, 0.3) is 0 Å². The summed E-state index contributed by atoms with van der Waals surface area (Å²) in [5.41, 5.74) is -1.25. The van der Waals surface area contributed by atoms with Gasteiger partial charge in [-0.25, -0.2) is 26.4 Å². The number of carbonyl (C=O) groups excluding carboxylic acids is 2. The fourth-order valence-electron chi connectivity index (χ4n) is 11.3. The number of nitrogens with one attached hydrogen (secondary N) is 2. The van der Waals surface area contributed by atoms with Gasteiger partial charge in [-0.1, -0.05) is 50.1 Å². The van der Waals surface area contributed by atoms with Crippen molar-refractivity contribution in [3.05, 3.63) is 89.5 Å². The van der Waals surface area contributed by atoms with Gasteiger partial charge in [-0.2, -0.15) is 13.2 Å². The summed E-state index contributed by atoms with van der Waals surface area (Å²) in [4.78, 5) is 33.3. The Morgan fingerprint density at radius 3 is 2.06 bits per heavy atom. The number of ether oxygens (including phenoxy) is 1. The molecule has 2 bridgehead atoms. The second-order valence-electron chi connectivity index (χ2n) is 22.5. The second kappa shape index (κ2) is 20.2. The molecule has 2 saturated heterocycles. The first-order valence-corrected chi connectivity index (χ1v) is 28.6. The number of allylic oxidation sites excluding steroid dienone is 1. The van der Waals surface area contributed by atoms with Crippen LogP contribution in [0.4, 0.5) is 29.3 Å². The molecule has 5 fully saturated rings. The van der Waals surface area contributed by atoms with Gasteiger partial charge < -0.3 is 19.9 Å². The van der Waals surface area contributed by atoms with Crippen molar-refractivity contribution < 1.29 is 44.3 Å². The zero-order chi connectivity index (χ0) is 51.2. The third-order valence-electron chi connectivity index (χ3n) is 14.9. The van der Waals surface area contributed by atoms with E-state index in [1.54, 1.807) is 49.0 Å². The Hall–Kier alpha value is -4.30. The zero-order valence-corrected chi connectivity index (χ0v) is 44.2. The van der Waals surface area contributed by atoms with Crippen molar-refractivity contribution in [3.8, 4) is 0 Å².